The third-order valence-corrected chi connectivity index (χ3v) is 4.29. The van der Waals surface area contributed by atoms with Gasteiger partial charge in [-0.2, -0.15) is 0 Å². The van der Waals surface area contributed by atoms with Crippen LogP contribution in [0.25, 0.3) is 0 Å². The molecule has 2 aromatic rings. The van der Waals surface area contributed by atoms with Crippen molar-refractivity contribution in [1.82, 2.24) is 9.88 Å². The fourth-order valence-electron chi connectivity index (χ4n) is 2.91. The van der Waals surface area contributed by atoms with Crippen molar-refractivity contribution >= 4 is 17.3 Å². The summed E-state index contributed by atoms with van der Waals surface area (Å²) < 4.78 is 0. The fourth-order valence-corrected chi connectivity index (χ4v) is 2.91. The molecule has 2 heterocycles. The van der Waals surface area contributed by atoms with E-state index in [4.69, 9.17) is 0 Å². The Balaban J connectivity index is 1.79. The molecule has 0 atom stereocenters. The second kappa shape index (κ2) is 6.82. The maximum Gasteiger partial charge on any atom is 0.272 e. The third-order valence-electron chi connectivity index (χ3n) is 4.29. The highest BCUT2D eigenvalue weighted by Crippen LogP contribution is 2.22. The van der Waals surface area contributed by atoms with Crippen LogP contribution in [0.4, 0.5) is 11.4 Å². The summed E-state index contributed by atoms with van der Waals surface area (Å²) in [5, 5.41) is 3.40. The number of carbonyl (C=O) groups excluding carboxylic acids is 1. The maximum atomic E-state index is 12.6. The number of amides is 1. The number of aryl methyl sites for hydroxylation is 2. The summed E-state index contributed by atoms with van der Waals surface area (Å²) in [6.07, 6.45) is 5.09. The van der Waals surface area contributed by atoms with Crippen LogP contribution >= 0.6 is 0 Å². The van der Waals surface area contributed by atoms with Gasteiger partial charge in [-0.1, -0.05) is 12.1 Å². The van der Waals surface area contributed by atoms with E-state index in [2.05, 4.69) is 42.3 Å². The standard InChI is InChI=1S/C19H23N3O/c1-14-6-7-15(2)17(12-14)21-16-8-9-20-18(13-16)19(23)22-10-4-3-5-11-22/h6-9,12-13H,3-5,10-11H2,1-2H3,(H,20,21). The first-order valence-corrected chi connectivity index (χ1v) is 8.23. The van der Waals surface area contributed by atoms with Gasteiger partial charge in [-0.05, 0) is 62.4 Å². The molecule has 0 aliphatic carbocycles. The molecule has 4 heteroatoms. The number of nitrogens with zero attached hydrogens (tertiary/aromatic N) is 2. The quantitative estimate of drug-likeness (QED) is 0.929. The lowest BCUT2D eigenvalue weighted by Gasteiger charge is -2.26. The number of likely N-dealkylation sites (tertiary alicyclic amines) is 1. The Kier molecular flexibility index (Phi) is 4.60. The third kappa shape index (κ3) is 3.70. The van der Waals surface area contributed by atoms with Crippen LogP contribution in [0, 0.1) is 13.8 Å². The van der Waals surface area contributed by atoms with Gasteiger partial charge in [-0.3, -0.25) is 9.78 Å². The van der Waals surface area contributed by atoms with E-state index in [0.29, 0.717) is 5.69 Å². The maximum absolute atomic E-state index is 12.6. The second-order valence-corrected chi connectivity index (χ2v) is 6.23. The van der Waals surface area contributed by atoms with Crippen LogP contribution in [0.2, 0.25) is 0 Å². The van der Waals surface area contributed by atoms with Crippen molar-refractivity contribution in [2.24, 2.45) is 0 Å². The van der Waals surface area contributed by atoms with Gasteiger partial charge in [0.2, 0.25) is 0 Å². The van der Waals surface area contributed by atoms with Crippen LogP contribution in [-0.2, 0) is 0 Å². The number of carbonyl (C=O) groups is 1. The van der Waals surface area contributed by atoms with E-state index in [-0.39, 0.29) is 5.91 Å². The number of piperidine rings is 1. The van der Waals surface area contributed by atoms with E-state index >= 15 is 0 Å². The number of pyridine rings is 1. The first-order valence-electron chi connectivity index (χ1n) is 8.23. The molecule has 0 spiro atoms. The van der Waals surface area contributed by atoms with Gasteiger partial charge in [-0.25, -0.2) is 0 Å². The minimum Gasteiger partial charge on any atom is -0.355 e. The predicted octanol–water partition coefficient (Wildman–Crippen LogP) is 4.07. The Morgan fingerprint density at radius 2 is 1.87 bits per heavy atom. The van der Waals surface area contributed by atoms with E-state index in [1.807, 2.05) is 17.0 Å². The van der Waals surface area contributed by atoms with Crippen molar-refractivity contribution in [2.75, 3.05) is 18.4 Å². The van der Waals surface area contributed by atoms with Gasteiger partial charge >= 0.3 is 0 Å². The highest BCUT2D eigenvalue weighted by molar-refractivity contribution is 5.93. The second-order valence-electron chi connectivity index (χ2n) is 6.23. The van der Waals surface area contributed by atoms with Gasteiger partial charge in [0.05, 0.1) is 0 Å². The molecule has 3 rings (SSSR count). The van der Waals surface area contributed by atoms with Crippen molar-refractivity contribution in [3.05, 3.63) is 53.3 Å². The van der Waals surface area contributed by atoms with Crippen molar-refractivity contribution in [3.8, 4) is 0 Å². The lowest BCUT2D eigenvalue weighted by Crippen LogP contribution is -2.36. The number of hydrogen-bond acceptors (Lipinski definition) is 3. The lowest BCUT2D eigenvalue weighted by atomic mass is 10.1. The number of hydrogen-bond donors (Lipinski definition) is 1. The van der Waals surface area contributed by atoms with Crippen LogP contribution in [0.5, 0.6) is 0 Å². The normalized spacial score (nSPS) is 14.6. The van der Waals surface area contributed by atoms with Crippen molar-refractivity contribution < 1.29 is 4.79 Å². The molecule has 0 bridgehead atoms. The Bertz CT molecular complexity index is 706. The average Bonchev–Trinajstić information content (AvgIpc) is 2.58. The molecule has 1 aliphatic heterocycles. The minimum atomic E-state index is 0.0364. The molecule has 120 valence electrons. The first kappa shape index (κ1) is 15.5. The number of benzene rings is 1. The largest absolute Gasteiger partial charge is 0.355 e. The molecule has 4 nitrogen and oxygen atoms in total. The van der Waals surface area contributed by atoms with Crippen LogP contribution < -0.4 is 5.32 Å². The molecule has 1 saturated heterocycles. The number of anilines is 2. The van der Waals surface area contributed by atoms with Gasteiger partial charge in [0.1, 0.15) is 5.69 Å². The summed E-state index contributed by atoms with van der Waals surface area (Å²) in [6, 6.07) is 10.0. The molecule has 0 unspecified atom stereocenters. The van der Waals surface area contributed by atoms with Crippen molar-refractivity contribution in [2.45, 2.75) is 33.1 Å². The Morgan fingerprint density at radius 1 is 1.09 bits per heavy atom. The molecule has 0 saturated carbocycles. The molecule has 1 aromatic heterocycles. The Labute approximate surface area is 137 Å². The van der Waals surface area contributed by atoms with E-state index in [1.165, 1.54) is 17.5 Å². The zero-order chi connectivity index (χ0) is 16.2. The van der Waals surface area contributed by atoms with Crippen molar-refractivity contribution in [1.29, 1.82) is 0 Å². The van der Waals surface area contributed by atoms with Crippen LogP contribution in [0.1, 0.15) is 40.9 Å². The number of nitrogens with one attached hydrogen (secondary N) is 1. The number of aromatic nitrogens is 1. The Morgan fingerprint density at radius 3 is 2.65 bits per heavy atom. The molecule has 1 fully saturated rings. The van der Waals surface area contributed by atoms with E-state index in [9.17, 15) is 4.79 Å². The lowest BCUT2D eigenvalue weighted by molar-refractivity contribution is 0.0718. The summed E-state index contributed by atoms with van der Waals surface area (Å²) in [7, 11) is 0. The smallest absolute Gasteiger partial charge is 0.272 e. The first-order chi connectivity index (χ1) is 11.1. The topological polar surface area (TPSA) is 45.2 Å². The van der Waals surface area contributed by atoms with Crippen molar-refractivity contribution in [3.63, 3.8) is 0 Å². The minimum absolute atomic E-state index is 0.0364. The average molecular weight is 309 g/mol. The molecule has 1 aromatic carbocycles. The molecule has 23 heavy (non-hydrogen) atoms. The van der Waals surface area contributed by atoms with Gasteiger partial charge < -0.3 is 10.2 Å². The fraction of sp³-hybridized carbons (Fsp3) is 0.368. The van der Waals surface area contributed by atoms with Crippen LogP contribution in [0.15, 0.2) is 36.5 Å². The highest BCUT2D eigenvalue weighted by atomic mass is 16.2. The van der Waals surface area contributed by atoms with Crippen LogP contribution in [-0.4, -0.2) is 28.9 Å². The van der Waals surface area contributed by atoms with E-state index in [1.54, 1.807) is 6.20 Å². The molecule has 1 aliphatic rings. The summed E-state index contributed by atoms with van der Waals surface area (Å²) in [6.45, 7) is 5.83. The highest BCUT2D eigenvalue weighted by Gasteiger charge is 2.19. The monoisotopic (exact) mass is 309 g/mol. The summed E-state index contributed by atoms with van der Waals surface area (Å²) >= 11 is 0. The van der Waals surface area contributed by atoms with Crippen LogP contribution in [0.3, 0.4) is 0 Å². The Hall–Kier alpha value is -2.36. The zero-order valence-corrected chi connectivity index (χ0v) is 13.8. The molecule has 1 N–H and O–H groups in total. The summed E-state index contributed by atoms with van der Waals surface area (Å²) in [4.78, 5) is 18.7. The summed E-state index contributed by atoms with van der Waals surface area (Å²) in [5.41, 5.74) is 4.86. The molecular formula is C19H23N3O. The van der Waals surface area contributed by atoms with Gasteiger partial charge in [-0.15, -0.1) is 0 Å². The number of rotatable bonds is 3. The van der Waals surface area contributed by atoms with E-state index < -0.39 is 0 Å². The van der Waals surface area contributed by atoms with E-state index in [0.717, 1.165) is 37.3 Å². The molecular weight excluding hydrogens is 286 g/mol. The zero-order valence-electron chi connectivity index (χ0n) is 13.8. The van der Waals surface area contributed by atoms with Gasteiger partial charge in [0.25, 0.3) is 5.91 Å². The SMILES string of the molecule is Cc1ccc(C)c(Nc2ccnc(C(=O)N3CCCCC3)c2)c1. The van der Waals surface area contributed by atoms with Gasteiger partial charge in [0.15, 0.2) is 0 Å². The van der Waals surface area contributed by atoms with Gasteiger partial charge in [0, 0.05) is 30.7 Å². The molecule has 1 amide bonds. The molecule has 0 radical (unpaired) electrons. The predicted molar refractivity (Wildman–Crippen MR) is 93.2 cm³/mol. The summed E-state index contributed by atoms with van der Waals surface area (Å²) in [5.74, 6) is 0.0364.